The van der Waals surface area contributed by atoms with Gasteiger partial charge in [0, 0.05) is 11.8 Å². The van der Waals surface area contributed by atoms with E-state index in [1.54, 1.807) is 24.1 Å². The van der Waals surface area contributed by atoms with Crippen LogP contribution in [0.2, 0.25) is 0 Å². The largest absolute Gasteiger partial charge is 0.391 e. The van der Waals surface area contributed by atoms with Gasteiger partial charge < -0.3 is 5.11 Å². The van der Waals surface area contributed by atoms with Crippen LogP contribution in [0.25, 0.3) is 0 Å². The normalized spacial score (nSPS) is 13.8. The van der Waals surface area contributed by atoms with Crippen molar-refractivity contribution in [3.8, 4) is 0 Å². The van der Waals surface area contributed by atoms with Gasteiger partial charge in [-0.05, 0) is 30.5 Å². The van der Waals surface area contributed by atoms with Crippen LogP contribution in [-0.2, 0) is 16.6 Å². The van der Waals surface area contributed by atoms with E-state index < -0.39 is 10.0 Å². The van der Waals surface area contributed by atoms with Crippen molar-refractivity contribution in [1.29, 1.82) is 0 Å². The smallest absolute Gasteiger partial charge is 0.242 e. The molecule has 0 saturated carbocycles. The number of rotatable bonds is 7. The van der Waals surface area contributed by atoms with Gasteiger partial charge in [-0.25, -0.2) is 13.1 Å². The zero-order valence-corrected chi connectivity index (χ0v) is 13.2. The maximum absolute atomic E-state index is 12.1. The number of aliphatic hydroxyl groups is 1. The van der Waals surface area contributed by atoms with Crippen molar-refractivity contribution in [2.75, 3.05) is 12.8 Å². The first-order valence-corrected chi connectivity index (χ1v) is 9.27. The van der Waals surface area contributed by atoms with Crippen LogP contribution in [0.5, 0.6) is 0 Å². The highest BCUT2D eigenvalue weighted by Crippen LogP contribution is 2.26. The molecule has 0 aliphatic rings. The molecule has 0 aromatic carbocycles. The lowest BCUT2D eigenvalue weighted by Gasteiger charge is -2.10. The second-order valence-electron chi connectivity index (χ2n) is 4.06. The van der Waals surface area contributed by atoms with Gasteiger partial charge in [-0.15, -0.1) is 11.3 Å². The summed E-state index contributed by atoms with van der Waals surface area (Å²) in [6.45, 7) is 3.99. The molecule has 7 heteroatoms. The summed E-state index contributed by atoms with van der Waals surface area (Å²) in [6, 6.07) is 0. The molecule has 2 N–H and O–H groups in total. The molecule has 0 bridgehead atoms. The molecule has 0 amide bonds. The Balaban J connectivity index is 2.77. The van der Waals surface area contributed by atoms with E-state index in [0.29, 0.717) is 22.2 Å². The van der Waals surface area contributed by atoms with Gasteiger partial charge in [0.05, 0.1) is 11.5 Å². The Morgan fingerprint density at radius 3 is 2.78 bits per heavy atom. The number of thioether (sulfide) groups is 1. The maximum atomic E-state index is 12.1. The summed E-state index contributed by atoms with van der Waals surface area (Å²) >= 11 is 2.98. The highest BCUT2D eigenvalue weighted by molar-refractivity contribution is 7.99. The fourth-order valence-electron chi connectivity index (χ4n) is 1.54. The second kappa shape index (κ2) is 6.91. The SMILES string of the molecule is CSC(C)CCNS(=O)(=O)c1c(C)csc1CO. The minimum absolute atomic E-state index is 0.240. The van der Waals surface area contributed by atoms with E-state index in [0.717, 1.165) is 6.42 Å². The molecule has 0 aliphatic heterocycles. The van der Waals surface area contributed by atoms with Crippen molar-refractivity contribution < 1.29 is 13.5 Å². The topological polar surface area (TPSA) is 66.4 Å². The summed E-state index contributed by atoms with van der Waals surface area (Å²) in [6.07, 6.45) is 2.80. The van der Waals surface area contributed by atoms with E-state index in [1.807, 2.05) is 6.26 Å². The van der Waals surface area contributed by atoms with Crippen LogP contribution in [0.4, 0.5) is 0 Å². The Labute approximate surface area is 117 Å². The summed E-state index contributed by atoms with van der Waals surface area (Å²) in [7, 11) is -3.50. The van der Waals surface area contributed by atoms with Crippen molar-refractivity contribution in [1.82, 2.24) is 4.72 Å². The highest BCUT2D eigenvalue weighted by Gasteiger charge is 2.22. The van der Waals surface area contributed by atoms with Crippen LogP contribution in [0.15, 0.2) is 10.3 Å². The third-order valence-corrected chi connectivity index (χ3v) is 6.60. The first kappa shape index (κ1) is 16.0. The first-order valence-electron chi connectivity index (χ1n) is 5.62. The van der Waals surface area contributed by atoms with E-state index >= 15 is 0 Å². The molecule has 0 saturated heterocycles. The van der Waals surface area contributed by atoms with E-state index in [4.69, 9.17) is 5.11 Å². The quantitative estimate of drug-likeness (QED) is 0.808. The zero-order valence-electron chi connectivity index (χ0n) is 10.8. The predicted molar refractivity (Wildman–Crippen MR) is 77.8 cm³/mol. The van der Waals surface area contributed by atoms with Gasteiger partial charge in [0.25, 0.3) is 0 Å². The number of aryl methyl sites for hydroxylation is 1. The molecule has 4 nitrogen and oxygen atoms in total. The Morgan fingerprint density at radius 2 is 2.22 bits per heavy atom. The van der Waals surface area contributed by atoms with Gasteiger partial charge in [-0.3, -0.25) is 0 Å². The van der Waals surface area contributed by atoms with Gasteiger partial charge in [0.1, 0.15) is 4.90 Å². The summed E-state index contributed by atoms with van der Waals surface area (Å²) < 4.78 is 26.9. The Kier molecular flexibility index (Phi) is 6.13. The van der Waals surface area contributed by atoms with Crippen molar-refractivity contribution in [3.05, 3.63) is 15.8 Å². The van der Waals surface area contributed by atoms with Crippen molar-refractivity contribution in [2.45, 2.75) is 37.0 Å². The number of nitrogens with one attached hydrogen (secondary N) is 1. The Hall–Kier alpha value is -0.0800. The first-order chi connectivity index (χ1) is 8.42. The number of hydrogen-bond acceptors (Lipinski definition) is 5. The molecule has 0 radical (unpaired) electrons. The maximum Gasteiger partial charge on any atom is 0.242 e. The number of hydrogen-bond donors (Lipinski definition) is 2. The number of thiophene rings is 1. The molecule has 0 spiro atoms. The monoisotopic (exact) mass is 309 g/mol. The van der Waals surface area contributed by atoms with Crippen LogP contribution in [0.3, 0.4) is 0 Å². The molecule has 1 heterocycles. The fourth-order valence-corrected chi connectivity index (χ4v) is 4.60. The Morgan fingerprint density at radius 1 is 1.56 bits per heavy atom. The van der Waals surface area contributed by atoms with Gasteiger partial charge in [-0.2, -0.15) is 11.8 Å². The average Bonchev–Trinajstić information content (AvgIpc) is 2.70. The van der Waals surface area contributed by atoms with Crippen LogP contribution in [0.1, 0.15) is 23.8 Å². The lowest BCUT2D eigenvalue weighted by atomic mass is 10.3. The van der Waals surface area contributed by atoms with E-state index in [2.05, 4.69) is 11.6 Å². The molecule has 0 aliphatic carbocycles. The lowest BCUT2D eigenvalue weighted by molar-refractivity contribution is 0.282. The second-order valence-corrected chi connectivity index (χ2v) is 8.01. The van der Waals surface area contributed by atoms with Crippen molar-refractivity contribution in [2.24, 2.45) is 0 Å². The molecule has 1 aromatic heterocycles. The molecular formula is C11H19NO3S3. The van der Waals surface area contributed by atoms with Crippen LogP contribution < -0.4 is 4.72 Å². The number of aliphatic hydroxyl groups excluding tert-OH is 1. The fraction of sp³-hybridized carbons (Fsp3) is 0.636. The molecule has 18 heavy (non-hydrogen) atoms. The van der Waals surface area contributed by atoms with E-state index in [9.17, 15) is 8.42 Å². The predicted octanol–water partition coefficient (Wildman–Crippen LogP) is 1.97. The summed E-state index contributed by atoms with van der Waals surface area (Å²) in [5.41, 5.74) is 0.689. The third kappa shape index (κ3) is 3.96. The van der Waals surface area contributed by atoms with Gasteiger partial charge in [0.2, 0.25) is 10.0 Å². The summed E-state index contributed by atoms with van der Waals surface area (Å²) in [5.74, 6) is 0. The van der Waals surface area contributed by atoms with E-state index in [-0.39, 0.29) is 11.5 Å². The molecule has 1 unspecified atom stereocenters. The third-order valence-electron chi connectivity index (χ3n) is 2.65. The van der Waals surface area contributed by atoms with Crippen LogP contribution in [0, 0.1) is 6.92 Å². The van der Waals surface area contributed by atoms with Gasteiger partial charge >= 0.3 is 0 Å². The average molecular weight is 309 g/mol. The molecule has 1 rings (SSSR count). The number of sulfonamides is 1. The summed E-state index contributed by atoms with van der Waals surface area (Å²) in [4.78, 5) is 0.740. The minimum Gasteiger partial charge on any atom is -0.391 e. The summed E-state index contributed by atoms with van der Waals surface area (Å²) in [5, 5.41) is 11.3. The molecular weight excluding hydrogens is 290 g/mol. The molecule has 1 aromatic rings. The van der Waals surface area contributed by atoms with Crippen molar-refractivity contribution >= 4 is 33.1 Å². The molecule has 104 valence electrons. The van der Waals surface area contributed by atoms with Crippen LogP contribution >= 0.6 is 23.1 Å². The lowest BCUT2D eigenvalue weighted by Crippen LogP contribution is -2.27. The zero-order chi connectivity index (χ0) is 13.8. The van der Waals surface area contributed by atoms with E-state index in [1.165, 1.54) is 11.3 Å². The van der Waals surface area contributed by atoms with Gasteiger partial charge in [0.15, 0.2) is 0 Å². The van der Waals surface area contributed by atoms with Gasteiger partial charge in [-0.1, -0.05) is 6.92 Å². The Bertz CT molecular complexity index is 482. The molecule has 0 fully saturated rings. The molecule has 1 atom stereocenters. The van der Waals surface area contributed by atoms with Crippen molar-refractivity contribution in [3.63, 3.8) is 0 Å². The standard InChI is InChI=1S/C11H19NO3S3/c1-8-7-17-10(6-13)11(8)18(14,15)12-5-4-9(2)16-3/h7,9,12-13H,4-6H2,1-3H3. The van der Waals surface area contributed by atoms with Crippen LogP contribution in [-0.4, -0.2) is 31.6 Å². The highest BCUT2D eigenvalue weighted by atomic mass is 32.2. The minimum atomic E-state index is -3.50.